The minimum absolute atomic E-state index is 0.129. The smallest absolute Gasteiger partial charge is 0.330 e. The Kier molecular flexibility index (Phi) is 11.9. The van der Waals surface area contributed by atoms with Crippen molar-refractivity contribution in [3.8, 4) is 11.5 Å². The van der Waals surface area contributed by atoms with Crippen molar-refractivity contribution in [1.82, 2.24) is 0 Å². The number of carbonyl (C=O) groups is 2. The Bertz CT molecular complexity index is 1040. The average Bonchev–Trinajstić information content (AvgIpc) is 2.71. The van der Waals surface area contributed by atoms with E-state index in [0.29, 0.717) is 17.9 Å². The van der Waals surface area contributed by atoms with Gasteiger partial charge in [0.1, 0.15) is 11.5 Å². The summed E-state index contributed by atoms with van der Waals surface area (Å²) in [6.07, 6.45) is 0.521. The Hall–Kier alpha value is -3.54. The zero-order valence-corrected chi connectivity index (χ0v) is 24.0. The molecule has 0 fully saturated rings. The monoisotopic (exact) mass is 512 g/mol. The number of carboxylic acid groups (broad SMARTS) is 2. The first-order valence-electron chi connectivity index (χ1n) is 12.0. The molecule has 4 N–H and O–H groups in total. The molecule has 6 heteroatoms. The van der Waals surface area contributed by atoms with Crippen LogP contribution < -0.4 is 0 Å². The predicted molar refractivity (Wildman–Crippen MR) is 151 cm³/mol. The summed E-state index contributed by atoms with van der Waals surface area (Å²) in [7, 11) is 0. The number of hydrogen-bond donors (Lipinski definition) is 4. The van der Waals surface area contributed by atoms with Gasteiger partial charge < -0.3 is 20.4 Å². The van der Waals surface area contributed by atoms with E-state index in [1.54, 1.807) is 0 Å². The Morgan fingerprint density at radius 2 is 0.919 bits per heavy atom. The van der Waals surface area contributed by atoms with Crippen LogP contribution in [0.5, 0.6) is 11.5 Å². The normalized spacial score (nSPS) is 10.9. The maximum absolute atomic E-state index is 10.8. The van der Waals surface area contributed by atoms with E-state index < -0.39 is 11.9 Å². The van der Waals surface area contributed by atoms with E-state index in [-0.39, 0.29) is 22.0 Å². The molecule has 204 valence electrons. The fourth-order valence-corrected chi connectivity index (χ4v) is 3.33. The van der Waals surface area contributed by atoms with Gasteiger partial charge in [0.05, 0.1) is 0 Å². The summed E-state index contributed by atoms with van der Waals surface area (Å²) in [6.45, 7) is 25.9. The first-order valence-corrected chi connectivity index (χ1v) is 12.0. The number of aromatic hydroxyl groups is 2. The number of phenols is 2. The van der Waals surface area contributed by atoms with Crippen LogP contribution in [0.1, 0.15) is 88.8 Å². The molecule has 0 aliphatic carbocycles. The highest BCUT2D eigenvalue weighted by atomic mass is 16.4. The molecule has 0 aliphatic heterocycles. The molecule has 0 saturated carbocycles. The number of benzene rings is 2. The topological polar surface area (TPSA) is 115 Å². The molecule has 0 aromatic heterocycles. The van der Waals surface area contributed by atoms with Crippen LogP contribution in [-0.2, 0) is 26.8 Å². The van der Waals surface area contributed by atoms with Gasteiger partial charge in [-0.25, -0.2) is 9.59 Å². The first kappa shape index (κ1) is 33.5. The van der Waals surface area contributed by atoms with Gasteiger partial charge in [-0.05, 0) is 60.8 Å². The highest BCUT2D eigenvalue weighted by Gasteiger charge is 2.24. The first-order chi connectivity index (χ1) is 16.6. The van der Waals surface area contributed by atoms with Crippen LogP contribution in [-0.4, -0.2) is 32.4 Å². The summed E-state index contributed by atoms with van der Waals surface area (Å²) in [6, 6.07) is 8.14. The van der Waals surface area contributed by atoms with Crippen molar-refractivity contribution in [2.75, 3.05) is 0 Å². The number of aryl methyl sites for hydroxylation is 2. The van der Waals surface area contributed by atoms with Gasteiger partial charge >= 0.3 is 11.9 Å². The van der Waals surface area contributed by atoms with Gasteiger partial charge in [-0.15, -0.1) is 0 Å². The molecule has 6 nitrogen and oxygen atoms in total. The molecule has 37 heavy (non-hydrogen) atoms. The number of phenolic OH excluding ortho intramolecular Hbond substituents is 2. The van der Waals surface area contributed by atoms with E-state index in [9.17, 15) is 19.8 Å². The number of aliphatic carboxylic acids is 2. The summed E-state index contributed by atoms with van der Waals surface area (Å²) in [5.41, 5.74) is 5.98. The molecular weight excluding hydrogens is 468 g/mol. The van der Waals surface area contributed by atoms with E-state index in [0.717, 1.165) is 33.4 Å². The minimum Gasteiger partial charge on any atom is -0.507 e. The molecule has 0 saturated heterocycles. The van der Waals surface area contributed by atoms with Gasteiger partial charge in [0.25, 0.3) is 0 Å². The third-order valence-electron chi connectivity index (χ3n) is 5.39. The van der Waals surface area contributed by atoms with Gasteiger partial charge in [-0.3, -0.25) is 0 Å². The molecule has 0 spiro atoms. The van der Waals surface area contributed by atoms with Crippen LogP contribution in [0.25, 0.3) is 0 Å². The van der Waals surface area contributed by atoms with Gasteiger partial charge in [0, 0.05) is 17.6 Å². The van der Waals surface area contributed by atoms with Crippen LogP contribution in [0, 0.1) is 13.8 Å². The Morgan fingerprint density at radius 1 is 0.676 bits per heavy atom. The van der Waals surface area contributed by atoms with E-state index in [1.807, 2.05) is 12.1 Å². The maximum Gasteiger partial charge on any atom is 0.330 e. The number of hydrogen-bond acceptors (Lipinski definition) is 4. The highest BCUT2D eigenvalue weighted by Crippen LogP contribution is 2.39. The third kappa shape index (κ3) is 10.9. The predicted octanol–water partition coefficient (Wildman–Crippen LogP) is 7.19. The molecule has 0 unspecified atom stereocenters. The molecule has 0 bridgehead atoms. The quantitative estimate of drug-likeness (QED) is 0.322. The van der Waals surface area contributed by atoms with Gasteiger partial charge in [-0.2, -0.15) is 0 Å². The molecule has 0 radical (unpaired) electrons. The van der Waals surface area contributed by atoms with Gasteiger partial charge in [-0.1, -0.05) is 90.1 Å². The van der Waals surface area contributed by atoms with E-state index in [2.05, 4.69) is 80.7 Å². The number of carboxylic acids is 2. The van der Waals surface area contributed by atoms with Crippen molar-refractivity contribution in [3.05, 3.63) is 82.0 Å². The van der Waals surface area contributed by atoms with E-state index in [4.69, 9.17) is 10.2 Å². The lowest BCUT2D eigenvalue weighted by Gasteiger charge is -2.25. The van der Waals surface area contributed by atoms with Crippen LogP contribution >= 0.6 is 0 Å². The third-order valence-corrected chi connectivity index (χ3v) is 5.39. The second-order valence-electron chi connectivity index (χ2n) is 11.5. The van der Waals surface area contributed by atoms with Crippen molar-refractivity contribution in [1.29, 1.82) is 0 Å². The molecule has 2 aromatic rings. The molecule has 0 amide bonds. The Morgan fingerprint density at radius 3 is 1.11 bits per heavy atom. The number of rotatable bonds is 4. The molecular formula is C31H44O6. The summed E-state index contributed by atoms with van der Waals surface area (Å²) < 4.78 is 0. The summed E-state index contributed by atoms with van der Waals surface area (Å²) >= 11 is 0. The minimum atomic E-state index is -0.935. The SMILES string of the molecule is C=C(C)C(=O)O.C=C(C)C(=O)O.Cc1cc(Cc2cc(C)cc(C(C)(C)C)c2O)c(O)c(C(C)(C)C)c1. The molecule has 0 heterocycles. The highest BCUT2D eigenvalue weighted by molar-refractivity contribution is 5.85. The molecule has 0 aliphatic rings. The summed E-state index contributed by atoms with van der Waals surface area (Å²) in [4.78, 5) is 19.2. The lowest BCUT2D eigenvalue weighted by atomic mass is 9.81. The van der Waals surface area contributed by atoms with Crippen LogP contribution in [0.3, 0.4) is 0 Å². The lowest BCUT2D eigenvalue weighted by Crippen LogP contribution is -2.14. The second-order valence-corrected chi connectivity index (χ2v) is 11.5. The average molecular weight is 513 g/mol. The maximum atomic E-state index is 10.8. The van der Waals surface area contributed by atoms with Crippen molar-refractivity contribution >= 4 is 11.9 Å². The Balaban J connectivity index is 0.000000896. The van der Waals surface area contributed by atoms with Crippen LogP contribution in [0.2, 0.25) is 0 Å². The standard InChI is InChI=1S/C23H32O2.2C4H6O2/c1-14-9-16(20(24)18(11-14)22(3,4)5)13-17-10-15(2)12-19(21(17)25)23(6,7)8;2*1-3(2)4(5)6/h9-12,24-25H,13H2,1-8H3;2*1H2,2H3,(H,5,6). The zero-order valence-electron chi connectivity index (χ0n) is 24.0. The van der Waals surface area contributed by atoms with E-state index >= 15 is 0 Å². The van der Waals surface area contributed by atoms with Crippen LogP contribution in [0.15, 0.2) is 48.6 Å². The fraction of sp³-hybridized carbons (Fsp3) is 0.419. The molecule has 0 atom stereocenters. The van der Waals surface area contributed by atoms with Crippen molar-refractivity contribution in [2.24, 2.45) is 0 Å². The Labute approximate surface area is 222 Å². The lowest BCUT2D eigenvalue weighted by molar-refractivity contribution is -0.133. The van der Waals surface area contributed by atoms with Crippen molar-refractivity contribution in [2.45, 2.75) is 86.5 Å². The molecule has 2 rings (SSSR count). The van der Waals surface area contributed by atoms with Crippen molar-refractivity contribution in [3.63, 3.8) is 0 Å². The second kappa shape index (κ2) is 13.1. The van der Waals surface area contributed by atoms with Gasteiger partial charge in [0.15, 0.2) is 0 Å². The van der Waals surface area contributed by atoms with Gasteiger partial charge in [0.2, 0.25) is 0 Å². The summed E-state index contributed by atoms with van der Waals surface area (Å²) in [5, 5.41) is 37.4. The van der Waals surface area contributed by atoms with E-state index in [1.165, 1.54) is 13.8 Å². The van der Waals surface area contributed by atoms with Crippen molar-refractivity contribution < 1.29 is 30.0 Å². The summed E-state index contributed by atoms with van der Waals surface area (Å²) in [5.74, 6) is -1.18. The largest absolute Gasteiger partial charge is 0.507 e. The molecule has 2 aromatic carbocycles. The zero-order chi connectivity index (χ0) is 29.5. The fourth-order valence-electron chi connectivity index (χ4n) is 3.33. The van der Waals surface area contributed by atoms with Crippen LogP contribution in [0.4, 0.5) is 0 Å².